The summed E-state index contributed by atoms with van der Waals surface area (Å²) in [4.78, 5) is 51.4. The van der Waals surface area contributed by atoms with Gasteiger partial charge in [-0.2, -0.15) is 0 Å². The van der Waals surface area contributed by atoms with Gasteiger partial charge in [0.25, 0.3) is 0 Å². The standard InChI is InChI=1S/C31H38O11/c1-15(32)39-25-23-26(40-16(2)33)30-18(29(6,31(23,36)42-30)19(27(25,3)4)12-21(34)37-7)8-10-28(5)20(30)13-22(35)41-24(28)17-9-11-38-14-17/h9,11,13-14,18-19,23-26,36H,8,10,12H2,1-7H3/t18-,19+,23?,24+,25-,26-,28-,29-,30-,31+/m1/s1. The average molecular weight is 587 g/mol. The first-order valence-electron chi connectivity index (χ1n) is 14.4. The zero-order valence-corrected chi connectivity index (χ0v) is 24.9. The summed E-state index contributed by atoms with van der Waals surface area (Å²) < 4.78 is 35.2. The number of rotatable bonds is 5. The van der Waals surface area contributed by atoms with Crippen LogP contribution in [0.25, 0.3) is 0 Å². The molecule has 2 bridgehead atoms. The quantitative estimate of drug-likeness (QED) is 0.400. The molecule has 1 spiro atoms. The molecule has 1 aromatic rings. The zero-order valence-electron chi connectivity index (χ0n) is 24.9. The van der Waals surface area contributed by atoms with Crippen molar-refractivity contribution >= 4 is 23.9 Å². The Morgan fingerprint density at radius 3 is 2.33 bits per heavy atom. The highest BCUT2D eigenvalue weighted by Crippen LogP contribution is 2.81. The predicted octanol–water partition coefficient (Wildman–Crippen LogP) is 3.40. The van der Waals surface area contributed by atoms with Gasteiger partial charge in [0.15, 0.2) is 5.79 Å². The average Bonchev–Trinajstić information content (AvgIpc) is 3.56. The molecule has 0 amide bonds. The van der Waals surface area contributed by atoms with Gasteiger partial charge in [0.05, 0.1) is 25.6 Å². The van der Waals surface area contributed by atoms with Crippen molar-refractivity contribution in [3.8, 4) is 0 Å². The highest BCUT2D eigenvalue weighted by atomic mass is 16.7. The number of aliphatic hydroxyl groups is 1. The molecule has 6 rings (SSSR count). The van der Waals surface area contributed by atoms with Crippen molar-refractivity contribution in [3.63, 3.8) is 0 Å². The Bertz CT molecular complexity index is 1380. The van der Waals surface area contributed by atoms with Crippen molar-refractivity contribution in [2.75, 3.05) is 7.11 Å². The van der Waals surface area contributed by atoms with Gasteiger partial charge >= 0.3 is 23.9 Å². The summed E-state index contributed by atoms with van der Waals surface area (Å²) in [7, 11) is 1.30. The fourth-order valence-corrected chi connectivity index (χ4v) is 9.79. The maximum absolute atomic E-state index is 13.2. The normalized spacial score (nSPS) is 44.3. The molecule has 11 heteroatoms. The maximum atomic E-state index is 13.2. The molecule has 2 saturated heterocycles. The Balaban J connectivity index is 1.62. The molecule has 0 radical (unpaired) electrons. The third kappa shape index (κ3) is 3.35. The molecule has 5 aliphatic rings. The highest BCUT2D eigenvalue weighted by Gasteiger charge is 2.90. The Morgan fingerprint density at radius 2 is 1.74 bits per heavy atom. The van der Waals surface area contributed by atoms with Gasteiger partial charge in [-0.25, -0.2) is 4.79 Å². The van der Waals surface area contributed by atoms with Crippen LogP contribution in [0.1, 0.15) is 72.5 Å². The van der Waals surface area contributed by atoms with E-state index in [1.807, 2.05) is 27.7 Å². The molecule has 2 saturated carbocycles. The first-order valence-corrected chi connectivity index (χ1v) is 14.4. The van der Waals surface area contributed by atoms with E-state index in [9.17, 15) is 24.3 Å². The van der Waals surface area contributed by atoms with Gasteiger partial charge < -0.3 is 33.2 Å². The number of furan rings is 1. The summed E-state index contributed by atoms with van der Waals surface area (Å²) in [5.74, 6) is -6.37. The zero-order chi connectivity index (χ0) is 30.6. The Morgan fingerprint density at radius 1 is 1.07 bits per heavy atom. The summed E-state index contributed by atoms with van der Waals surface area (Å²) in [6.45, 7) is 10.2. The topological polar surface area (TPSA) is 148 Å². The molecule has 4 heterocycles. The summed E-state index contributed by atoms with van der Waals surface area (Å²) >= 11 is 0. The van der Waals surface area contributed by atoms with Crippen LogP contribution in [0.5, 0.6) is 0 Å². The van der Waals surface area contributed by atoms with E-state index in [4.69, 9.17) is 28.1 Å². The number of esters is 4. The van der Waals surface area contributed by atoms with Gasteiger partial charge in [-0.3, -0.25) is 14.4 Å². The van der Waals surface area contributed by atoms with Gasteiger partial charge in [0.2, 0.25) is 0 Å². The van der Waals surface area contributed by atoms with E-state index in [1.165, 1.54) is 39.6 Å². The molecule has 1 N–H and O–H groups in total. The summed E-state index contributed by atoms with van der Waals surface area (Å²) in [5.41, 5.74) is -3.08. The minimum Gasteiger partial charge on any atom is -0.472 e. The van der Waals surface area contributed by atoms with E-state index >= 15 is 0 Å². The smallest absolute Gasteiger partial charge is 0.331 e. The maximum Gasteiger partial charge on any atom is 0.331 e. The number of carbonyl (C=O) groups is 4. The first kappa shape index (κ1) is 28.9. The van der Waals surface area contributed by atoms with E-state index in [0.717, 1.165) is 0 Å². The van der Waals surface area contributed by atoms with E-state index < -0.39 is 87.6 Å². The molecule has 10 atom stereocenters. The van der Waals surface area contributed by atoms with Gasteiger partial charge in [0.1, 0.15) is 23.9 Å². The first-order chi connectivity index (χ1) is 19.6. The third-order valence-corrected chi connectivity index (χ3v) is 11.3. The van der Waals surface area contributed by atoms with Gasteiger partial charge in [0, 0.05) is 54.1 Å². The lowest BCUT2D eigenvalue weighted by atomic mass is 9.37. The monoisotopic (exact) mass is 586 g/mol. The molecule has 1 aromatic heterocycles. The van der Waals surface area contributed by atoms with Crippen LogP contribution in [0.3, 0.4) is 0 Å². The van der Waals surface area contributed by atoms with Crippen molar-refractivity contribution < 1.29 is 52.4 Å². The minimum absolute atomic E-state index is 0.0725. The lowest BCUT2D eigenvalue weighted by Crippen LogP contribution is -2.75. The van der Waals surface area contributed by atoms with Crippen LogP contribution in [0.15, 0.2) is 34.7 Å². The van der Waals surface area contributed by atoms with Crippen molar-refractivity contribution in [2.24, 2.45) is 34.0 Å². The van der Waals surface area contributed by atoms with Crippen LogP contribution >= 0.6 is 0 Å². The molecule has 4 fully saturated rings. The molecule has 2 aliphatic carbocycles. The van der Waals surface area contributed by atoms with Gasteiger partial charge in [-0.05, 0) is 30.4 Å². The second kappa shape index (κ2) is 8.92. The lowest BCUT2D eigenvalue weighted by molar-refractivity contribution is -0.326. The fraction of sp³-hybridized carbons (Fsp3) is 0.677. The van der Waals surface area contributed by atoms with Crippen molar-refractivity contribution in [1.29, 1.82) is 0 Å². The Hall–Kier alpha value is -3.18. The lowest BCUT2D eigenvalue weighted by Gasteiger charge is -2.66. The second-order valence-corrected chi connectivity index (χ2v) is 13.6. The van der Waals surface area contributed by atoms with Crippen LogP contribution in [0.4, 0.5) is 0 Å². The number of methoxy groups -OCH3 is 1. The van der Waals surface area contributed by atoms with Crippen molar-refractivity contribution in [2.45, 2.75) is 90.5 Å². The SMILES string of the molecule is COC(=O)C[C@H]1C(C)(C)[C@H](OC(C)=O)C2[C@@H](OC(C)=O)[C@@]34O[C@]2(O)[C@]1(C)[C@H]3CC[C@]1(C)C4=CC(=O)O[C@H]1c1ccoc1. The summed E-state index contributed by atoms with van der Waals surface area (Å²) in [6, 6.07) is 1.74. The minimum atomic E-state index is -2.00. The molecule has 42 heavy (non-hydrogen) atoms. The molecule has 0 aromatic carbocycles. The molecule has 228 valence electrons. The van der Waals surface area contributed by atoms with Crippen LogP contribution in [0, 0.1) is 34.0 Å². The number of hydrogen-bond acceptors (Lipinski definition) is 11. The van der Waals surface area contributed by atoms with Gasteiger partial charge in [-0.1, -0.05) is 27.7 Å². The van der Waals surface area contributed by atoms with Crippen LogP contribution in [-0.2, 0) is 42.9 Å². The molecule has 11 nitrogen and oxygen atoms in total. The number of ether oxygens (including phenoxy) is 5. The highest BCUT2D eigenvalue weighted by molar-refractivity contribution is 5.85. The molecular formula is C31H38O11. The molecule has 3 aliphatic heterocycles. The van der Waals surface area contributed by atoms with Gasteiger partial charge in [-0.15, -0.1) is 0 Å². The van der Waals surface area contributed by atoms with E-state index in [1.54, 1.807) is 6.07 Å². The predicted molar refractivity (Wildman–Crippen MR) is 142 cm³/mol. The van der Waals surface area contributed by atoms with Crippen molar-refractivity contribution in [3.05, 3.63) is 35.8 Å². The number of cyclic esters (lactones) is 1. The van der Waals surface area contributed by atoms with Crippen LogP contribution < -0.4 is 0 Å². The van der Waals surface area contributed by atoms with E-state index in [0.29, 0.717) is 24.0 Å². The van der Waals surface area contributed by atoms with E-state index in [2.05, 4.69) is 0 Å². The van der Waals surface area contributed by atoms with Crippen molar-refractivity contribution in [1.82, 2.24) is 0 Å². The fourth-order valence-electron chi connectivity index (χ4n) is 9.79. The number of carbonyl (C=O) groups excluding carboxylic acids is 4. The van der Waals surface area contributed by atoms with Crippen LogP contribution in [-0.4, -0.2) is 59.7 Å². The number of fused-ring (bicyclic) bond motifs is 2. The largest absolute Gasteiger partial charge is 0.472 e. The Kier molecular flexibility index (Phi) is 6.14. The summed E-state index contributed by atoms with van der Waals surface area (Å²) in [5, 5.41) is 12.8. The molecule has 1 unspecified atom stereocenters. The van der Waals surface area contributed by atoms with E-state index in [-0.39, 0.29) is 6.42 Å². The summed E-state index contributed by atoms with van der Waals surface area (Å²) in [6.07, 6.45) is 2.55. The van der Waals surface area contributed by atoms with Crippen LogP contribution in [0.2, 0.25) is 0 Å². The third-order valence-electron chi connectivity index (χ3n) is 11.3. The Labute approximate surface area is 243 Å². The second-order valence-electron chi connectivity index (χ2n) is 13.6. The molecular weight excluding hydrogens is 548 g/mol. The number of hydrogen-bond donors (Lipinski definition) is 1.